The van der Waals surface area contributed by atoms with Crippen LogP contribution in [0.4, 0.5) is 4.39 Å². The number of hydrogen-bond donors (Lipinski definition) is 2. The van der Waals surface area contributed by atoms with Gasteiger partial charge in [-0.2, -0.15) is 0 Å². The van der Waals surface area contributed by atoms with Gasteiger partial charge >= 0.3 is 0 Å². The van der Waals surface area contributed by atoms with E-state index < -0.39 is 0 Å². The minimum atomic E-state index is -0.263. The van der Waals surface area contributed by atoms with Gasteiger partial charge in [-0.3, -0.25) is 9.79 Å². The Morgan fingerprint density at radius 3 is 2.63 bits per heavy atom. The Labute approximate surface area is 179 Å². The maximum absolute atomic E-state index is 13.2. The molecule has 7 heteroatoms. The van der Waals surface area contributed by atoms with Gasteiger partial charge in [0.05, 0.1) is 6.54 Å². The van der Waals surface area contributed by atoms with Crippen molar-refractivity contribution in [3.05, 3.63) is 35.6 Å². The predicted octanol–water partition coefficient (Wildman–Crippen LogP) is 3.25. The van der Waals surface area contributed by atoms with Gasteiger partial charge in [0.2, 0.25) is 5.91 Å². The van der Waals surface area contributed by atoms with E-state index in [0.717, 1.165) is 50.4 Å². The normalized spacial score (nSPS) is 21.5. The van der Waals surface area contributed by atoms with Crippen molar-refractivity contribution in [1.82, 2.24) is 15.5 Å². The molecule has 1 aliphatic heterocycles. The fraction of sp³-hybridized carbons (Fsp3) is 0.652. The van der Waals surface area contributed by atoms with Crippen molar-refractivity contribution in [2.45, 2.75) is 57.6 Å². The lowest BCUT2D eigenvalue weighted by Gasteiger charge is -2.26. The Hall–Kier alpha value is -2.15. The largest absolute Gasteiger partial charge is 0.375 e. The van der Waals surface area contributed by atoms with E-state index in [4.69, 9.17) is 4.74 Å². The second-order valence-electron chi connectivity index (χ2n) is 8.24. The highest BCUT2D eigenvalue weighted by atomic mass is 19.1. The van der Waals surface area contributed by atoms with E-state index >= 15 is 0 Å². The number of aliphatic imine (C=N–C) groups is 1. The van der Waals surface area contributed by atoms with Gasteiger partial charge < -0.3 is 20.3 Å². The van der Waals surface area contributed by atoms with E-state index in [1.807, 2.05) is 11.8 Å². The number of halogens is 1. The summed E-state index contributed by atoms with van der Waals surface area (Å²) in [4.78, 5) is 19.5. The van der Waals surface area contributed by atoms with Crippen molar-refractivity contribution in [3.8, 4) is 0 Å². The maximum Gasteiger partial charge on any atom is 0.225 e. The molecule has 2 aliphatic rings. The molecule has 2 atom stereocenters. The lowest BCUT2D eigenvalue weighted by molar-refractivity contribution is -0.135. The molecule has 1 amide bonds. The molecule has 1 aromatic carbocycles. The van der Waals surface area contributed by atoms with Crippen molar-refractivity contribution in [3.63, 3.8) is 0 Å². The van der Waals surface area contributed by atoms with E-state index in [1.54, 1.807) is 19.2 Å². The van der Waals surface area contributed by atoms with E-state index in [-0.39, 0.29) is 23.9 Å². The topological polar surface area (TPSA) is 66.0 Å². The molecule has 1 aliphatic carbocycles. The summed E-state index contributed by atoms with van der Waals surface area (Å²) >= 11 is 0. The Bertz CT molecular complexity index is 704. The first-order valence-electron chi connectivity index (χ1n) is 11.2. The minimum Gasteiger partial charge on any atom is -0.375 e. The molecule has 30 heavy (non-hydrogen) atoms. The van der Waals surface area contributed by atoms with E-state index in [1.165, 1.54) is 31.4 Å². The van der Waals surface area contributed by atoms with Crippen molar-refractivity contribution < 1.29 is 13.9 Å². The summed E-state index contributed by atoms with van der Waals surface area (Å²) < 4.78 is 18.7. The summed E-state index contributed by atoms with van der Waals surface area (Å²) in [6.07, 6.45) is 6.38. The molecule has 0 aromatic heterocycles. The number of carbonyl (C=O) groups excluding carboxylic acids is 1. The van der Waals surface area contributed by atoms with Crippen LogP contribution in [0.3, 0.4) is 0 Å². The molecule has 0 spiro atoms. The summed E-state index contributed by atoms with van der Waals surface area (Å²) in [6.45, 7) is 4.74. The first kappa shape index (κ1) is 22.5. The van der Waals surface area contributed by atoms with Crippen LogP contribution in [-0.4, -0.2) is 56.1 Å². The SMILES string of the molecule is CCNC(=NCC(OC)c1ccc(F)cc1)NC1CCN(C(=O)C2CCCCC2)C1. The lowest BCUT2D eigenvalue weighted by Crippen LogP contribution is -2.45. The Kier molecular flexibility index (Phi) is 8.49. The van der Waals surface area contributed by atoms with E-state index in [9.17, 15) is 9.18 Å². The van der Waals surface area contributed by atoms with Gasteiger partial charge in [0.15, 0.2) is 5.96 Å². The molecule has 0 radical (unpaired) electrons. The number of methoxy groups -OCH3 is 1. The minimum absolute atomic E-state index is 0.196. The summed E-state index contributed by atoms with van der Waals surface area (Å²) in [5.74, 6) is 1.01. The number of likely N-dealkylation sites (tertiary alicyclic amines) is 1. The number of rotatable bonds is 7. The van der Waals surface area contributed by atoms with Crippen molar-refractivity contribution in [1.29, 1.82) is 0 Å². The van der Waals surface area contributed by atoms with Crippen LogP contribution in [0.1, 0.15) is 57.1 Å². The summed E-state index contributed by atoms with van der Waals surface area (Å²) in [5.41, 5.74) is 0.892. The van der Waals surface area contributed by atoms with E-state index in [0.29, 0.717) is 12.5 Å². The summed E-state index contributed by atoms with van der Waals surface area (Å²) in [6, 6.07) is 6.52. The molecule has 1 saturated heterocycles. The van der Waals surface area contributed by atoms with Crippen LogP contribution in [0.25, 0.3) is 0 Å². The number of benzene rings is 1. The average molecular weight is 419 g/mol. The fourth-order valence-electron chi connectivity index (χ4n) is 4.37. The zero-order valence-electron chi connectivity index (χ0n) is 18.2. The van der Waals surface area contributed by atoms with Crippen molar-refractivity contribution in [2.24, 2.45) is 10.9 Å². The highest BCUT2D eigenvalue weighted by Gasteiger charge is 2.31. The number of carbonyl (C=O) groups is 1. The van der Waals surface area contributed by atoms with Crippen LogP contribution in [-0.2, 0) is 9.53 Å². The number of hydrogen-bond acceptors (Lipinski definition) is 3. The zero-order valence-corrected chi connectivity index (χ0v) is 18.2. The number of ether oxygens (including phenoxy) is 1. The van der Waals surface area contributed by atoms with Crippen LogP contribution in [0, 0.1) is 11.7 Å². The van der Waals surface area contributed by atoms with Crippen LogP contribution in [0.5, 0.6) is 0 Å². The molecule has 1 saturated carbocycles. The molecule has 2 unspecified atom stereocenters. The van der Waals surface area contributed by atoms with Gasteiger partial charge in [-0.15, -0.1) is 0 Å². The number of nitrogens with one attached hydrogen (secondary N) is 2. The summed E-state index contributed by atoms with van der Waals surface area (Å²) in [7, 11) is 1.63. The molecular weight excluding hydrogens is 383 g/mol. The molecule has 1 aromatic rings. The second kappa shape index (κ2) is 11.3. The molecule has 166 valence electrons. The number of guanidine groups is 1. The maximum atomic E-state index is 13.2. The smallest absolute Gasteiger partial charge is 0.225 e. The Morgan fingerprint density at radius 1 is 1.23 bits per heavy atom. The lowest BCUT2D eigenvalue weighted by atomic mass is 9.88. The van der Waals surface area contributed by atoms with Gasteiger partial charge in [-0.25, -0.2) is 4.39 Å². The highest BCUT2D eigenvalue weighted by molar-refractivity contribution is 5.81. The van der Waals surface area contributed by atoms with Crippen LogP contribution < -0.4 is 10.6 Å². The van der Waals surface area contributed by atoms with Crippen LogP contribution in [0.15, 0.2) is 29.3 Å². The summed E-state index contributed by atoms with van der Waals surface area (Å²) in [5, 5.41) is 6.75. The highest BCUT2D eigenvalue weighted by Crippen LogP contribution is 2.26. The number of nitrogens with zero attached hydrogens (tertiary/aromatic N) is 2. The Balaban J connectivity index is 1.55. The van der Waals surface area contributed by atoms with Gasteiger partial charge in [-0.1, -0.05) is 31.4 Å². The molecule has 3 rings (SSSR count). The Morgan fingerprint density at radius 2 is 1.97 bits per heavy atom. The molecule has 2 N–H and O–H groups in total. The van der Waals surface area contributed by atoms with Crippen LogP contribution in [0.2, 0.25) is 0 Å². The molecule has 6 nitrogen and oxygen atoms in total. The molecule has 2 fully saturated rings. The van der Waals surface area contributed by atoms with Gasteiger partial charge in [0.1, 0.15) is 11.9 Å². The third-order valence-corrected chi connectivity index (χ3v) is 6.08. The molecular formula is C23H35FN4O2. The van der Waals surface area contributed by atoms with Gasteiger partial charge in [0.25, 0.3) is 0 Å². The average Bonchev–Trinajstić information content (AvgIpc) is 3.24. The first-order valence-corrected chi connectivity index (χ1v) is 11.2. The zero-order chi connectivity index (χ0) is 21.3. The van der Waals surface area contributed by atoms with Gasteiger partial charge in [-0.05, 0) is 43.9 Å². The molecule has 0 bridgehead atoms. The number of amides is 1. The van der Waals surface area contributed by atoms with E-state index in [2.05, 4.69) is 15.6 Å². The third kappa shape index (κ3) is 6.17. The fourth-order valence-corrected chi connectivity index (χ4v) is 4.37. The monoisotopic (exact) mass is 418 g/mol. The predicted molar refractivity (Wildman–Crippen MR) is 117 cm³/mol. The molecule has 1 heterocycles. The quantitative estimate of drug-likeness (QED) is 0.527. The second-order valence-corrected chi connectivity index (χ2v) is 8.24. The standard InChI is InChI=1S/C23H35FN4O2/c1-3-25-23(26-15-21(30-2)17-9-11-19(24)12-10-17)27-20-13-14-28(16-20)22(29)18-7-5-4-6-8-18/h9-12,18,20-21H,3-8,13-16H2,1-2H3,(H2,25,26,27). The van der Waals surface area contributed by atoms with Gasteiger partial charge in [0, 0.05) is 38.7 Å². The first-order chi connectivity index (χ1) is 14.6. The van der Waals surface area contributed by atoms with Crippen molar-refractivity contribution in [2.75, 3.05) is 33.3 Å². The van der Waals surface area contributed by atoms with Crippen molar-refractivity contribution >= 4 is 11.9 Å². The van der Waals surface area contributed by atoms with Crippen LogP contribution >= 0.6 is 0 Å². The third-order valence-electron chi connectivity index (χ3n) is 6.08.